The molecule has 5 nitrogen and oxygen atoms in total. The normalized spacial score (nSPS) is 31.7. The molecule has 3 heterocycles. The van der Waals surface area contributed by atoms with E-state index in [-0.39, 0.29) is 23.6 Å². The van der Waals surface area contributed by atoms with Crippen molar-refractivity contribution in [3.8, 4) is 0 Å². The summed E-state index contributed by atoms with van der Waals surface area (Å²) in [5, 5.41) is 0.462. The molecule has 0 saturated carbocycles. The van der Waals surface area contributed by atoms with E-state index in [1.165, 1.54) is 4.57 Å². The van der Waals surface area contributed by atoms with Crippen molar-refractivity contribution in [2.45, 2.75) is 30.9 Å². The van der Waals surface area contributed by atoms with Crippen LogP contribution in [0.1, 0.15) is 18.2 Å². The van der Waals surface area contributed by atoms with E-state index in [0.29, 0.717) is 10.8 Å². The van der Waals surface area contributed by atoms with Gasteiger partial charge in [-0.25, -0.2) is 4.79 Å². The predicted octanol–water partition coefficient (Wildman–Crippen LogP) is 0.896. The topological polar surface area (TPSA) is 64.1 Å². The maximum Gasteiger partial charge on any atom is 0.330 e. The Labute approximate surface area is 105 Å². The summed E-state index contributed by atoms with van der Waals surface area (Å²) < 4.78 is 7.35. The summed E-state index contributed by atoms with van der Waals surface area (Å²) in [4.78, 5) is 25.3. The minimum absolute atomic E-state index is 0.231. The Morgan fingerprint density at radius 1 is 1.53 bits per heavy atom. The van der Waals surface area contributed by atoms with Crippen LogP contribution in [0, 0.1) is 6.92 Å². The van der Waals surface area contributed by atoms with E-state index in [2.05, 4.69) is 4.98 Å². The summed E-state index contributed by atoms with van der Waals surface area (Å²) in [5.41, 5.74) is -0.176. The van der Waals surface area contributed by atoms with Crippen molar-refractivity contribution in [2.75, 3.05) is 5.75 Å². The lowest BCUT2D eigenvalue weighted by atomic mass is 10.2. The molecule has 2 saturated heterocycles. The van der Waals surface area contributed by atoms with Crippen LogP contribution in [0.5, 0.6) is 0 Å². The van der Waals surface area contributed by atoms with E-state index >= 15 is 0 Å². The van der Waals surface area contributed by atoms with Crippen molar-refractivity contribution in [1.82, 2.24) is 9.55 Å². The molecule has 17 heavy (non-hydrogen) atoms. The van der Waals surface area contributed by atoms with Gasteiger partial charge in [-0.2, -0.15) is 0 Å². The fraction of sp³-hybridized carbons (Fsp3) is 0.600. The first-order valence-electron chi connectivity index (χ1n) is 5.41. The molecule has 1 aromatic heterocycles. The molecule has 1 N–H and O–H groups in total. The number of aromatic nitrogens is 2. The van der Waals surface area contributed by atoms with Crippen LogP contribution in [0.2, 0.25) is 0 Å². The average molecular weight is 272 g/mol. The molecule has 0 aliphatic carbocycles. The van der Waals surface area contributed by atoms with Gasteiger partial charge < -0.3 is 4.74 Å². The van der Waals surface area contributed by atoms with Gasteiger partial charge in [-0.3, -0.25) is 14.3 Å². The molecule has 2 aliphatic heterocycles. The molecule has 0 radical (unpaired) electrons. The molecule has 3 rings (SSSR count). The summed E-state index contributed by atoms with van der Waals surface area (Å²) in [6, 6.07) is 0. The number of fused-ring (bicyclic) bond motifs is 1. The third-order valence-corrected chi connectivity index (χ3v) is 5.96. The fourth-order valence-corrected chi connectivity index (χ4v) is 5.23. The first-order valence-corrected chi connectivity index (χ1v) is 7.79. The van der Waals surface area contributed by atoms with E-state index < -0.39 is 0 Å². The summed E-state index contributed by atoms with van der Waals surface area (Å²) in [5.74, 6) is 0.975. The lowest BCUT2D eigenvalue weighted by Gasteiger charge is -2.14. The molecule has 0 unspecified atom stereocenters. The van der Waals surface area contributed by atoms with Crippen molar-refractivity contribution in [3.05, 3.63) is 32.6 Å². The van der Waals surface area contributed by atoms with Crippen LogP contribution >= 0.6 is 21.6 Å². The van der Waals surface area contributed by atoms with Crippen LogP contribution in [0.4, 0.5) is 0 Å². The van der Waals surface area contributed by atoms with Crippen molar-refractivity contribution in [1.29, 1.82) is 0 Å². The second-order valence-corrected chi connectivity index (χ2v) is 6.91. The molecular formula is C10H12N2O3S2. The number of hydrogen-bond donors (Lipinski definition) is 1. The van der Waals surface area contributed by atoms with Gasteiger partial charge >= 0.3 is 5.69 Å². The SMILES string of the molecule is Cc1cn([C@H]2C[C@H]3SSC[C@H]3O2)c(=O)[nH]c1=O. The standard InChI is InChI=1S/C10H12N2O3S2/c1-5-3-12(10(14)11-9(5)13)8-2-7-6(15-8)4-16-17-7/h3,6-8H,2,4H2,1H3,(H,11,13,14)/t6-,7-,8-/m1/s1. The first kappa shape index (κ1) is 11.4. The number of H-pyrrole nitrogens is 1. The van der Waals surface area contributed by atoms with Gasteiger partial charge in [0.1, 0.15) is 6.23 Å². The molecule has 0 spiro atoms. The fourth-order valence-electron chi connectivity index (χ4n) is 2.12. The van der Waals surface area contributed by atoms with Gasteiger partial charge in [0.2, 0.25) is 0 Å². The van der Waals surface area contributed by atoms with E-state index in [9.17, 15) is 9.59 Å². The molecule has 2 aliphatic rings. The number of hydrogen-bond acceptors (Lipinski definition) is 5. The molecule has 0 aromatic carbocycles. The monoisotopic (exact) mass is 272 g/mol. The average Bonchev–Trinajstić information content (AvgIpc) is 2.83. The molecule has 0 amide bonds. The van der Waals surface area contributed by atoms with E-state index in [0.717, 1.165) is 12.2 Å². The van der Waals surface area contributed by atoms with Gasteiger partial charge in [-0.05, 0) is 6.92 Å². The number of aryl methyl sites for hydroxylation is 1. The number of ether oxygens (including phenoxy) is 1. The zero-order valence-electron chi connectivity index (χ0n) is 9.21. The summed E-state index contributed by atoms with van der Waals surface area (Å²) >= 11 is 0. The molecule has 3 atom stereocenters. The van der Waals surface area contributed by atoms with E-state index in [1.807, 2.05) is 21.6 Å². The number of rotatable bonds is 1. The lowest BCUT2D eigenvalue weighted by Crippen LogP contribution is -2.33. The Hall–Kier alpha value is -0.660. The minimum atomic E-state index is -0.386. The maximum absolute atomic E-state index is 11.7. The van der Waals surface area contributed by atoms with Crippen LogP contribution < -0.4 is 11.2 Å². The van der Waals surface area contributed by atoms with Crippen LogP contribution in [0.3, 0.4) is 0 Å². The van der Waals surface area contributed by atoms with Gasteiger partial charge in [0.15, 0.2) is 0 Å². The second-order valence-electron chi connectivity index (χ2n) is 4.26. The Morgan fingerprint density at radius 3 is 3.12 bits per heavy atom. The van der Waals surface area contributed by atoms with Gasteiger partial charge in [-0.1, -0.05) is 21.6 Å². The van der Waals surface area contributed by atoms with Gasteiger partial charge in [0, 0.05) is 29.2 Å². The van der Waals surface area contributed by atoms with Crippen molar-refractivity contribution in [3.63, 3.8) is 0 Å². The predicted molar refractivity (Wildman–Crippen MR) is 68.4 cm³/mol. The smallest absolute Gasteiger partial charge is 0.330 e. The van der Waals surface area contributed by atoms with Crippen molar-refractivity contribution in [2.24, 2.45) is 0 Å². The molecule has 1 aromatic rings. The van der Waals surface area contributed by atoms with Crippen LogP contribution in [0.25, 0.3) is 0 Å². The van der Waals surface area contributed by atoms with Crippen molar-refractivity contribution < 1.29 is 4.74 Å². The van der Waals surface area contributed by atoms with E-state index in [1.54, 1.807) is 13.1 Å². The summed E-state index contributed by atoms with van der Waals surface area (Å²) in [6.45, 7) is 1.69. The van der Waals surface area contributed by atoms with E-state index in [4.69, 9.17) is 4.74 Å². The highest BCUT2D eigenvalue weighted by atomic mass is 33.1. The Morgan fingerprint density at radius 2 is 2.35 bits per heavy atom. The Bertz CT molecular complexity index is 541. The highest BCUT2D eigenvalue weighted by Crippen LogP contribution is 2.48. The van der Waals surface area contributed by atoms with Gasteiger partial charge in [0.05, 0.1) is 6.10 Å². The summed E-state index contributed by atoms with van der Waals surface area (Å²) in [7, 11) is 3.65. The molecule has 92 valence electrons. The summed E-state index contributed by atoms with van der Waals surface area (Å²) in [6.07, 6.45) is 2.41. The van der Waals surface area contributed by atoms with Crippen LogP contribution in [-0.4, -0.2) is 26.7 Å². The molecule has 0 bridgehead atoms. The molecule has 2 fully saturated rings. The molecule has 7 heteroatoms. The maximum atomic E-state index is 11.7. The third-order valence-electron chi connectivity index (χ3n) is 3.06. The third kappa shape index (κ3) is 1.96. The Balaban J connectivity index is 1.93. The number of nitrogens with one attached hydrogen (secondary N) is 1. The van der Waals surface area contributed by atoms with Crippen molar-refractivity contribution >= 4 is 21.6 Å². The zero-order valence-corrected chi connectivity index (χ0v) is 10.8. The minimum Gasteiger partial charge on any atom is -0.353 e. The van der Waals surface area contributed by atoms with Gasteiger partial charge in [-0.15, -0.1) is 0 Å². The van der Waals surface area contributed by atoms with Crippen LogP contribution in [-0.2, 0) is 4.74 Å². The first-order chi connectivity index (χ1) is 8.15. The zero-order chi connectivity index (χ0) is 12.0. The van der Waals surface area contributed by atoms with Crippen LogP contribution in [0.15, 0.2) is 15.8 Å². The highest BCUT2D eigenvalue weighted by molar-refractivity contribution is 8.77. The molecular weight excluding hydrogens is 260 g/mol. The number of nitrogens with zero attached hydrogens (tertiary/aromatic N) is 1. The quantitative estimate of drug-likeness (QED) is 0.769. The highest BCUT2D eigenvalue weighted by Gasteiger charge is 2.40. The Kier molecular flexibility index (Phi) is 2.84. The number of aromatic amines is 1. The lowest BCUT2D eigenvalue weighted by molar-refractivity contribution is 0.0110. The van der Waals surface area contributed by atoms with Gasteiger partial charge in [0.25, 0.3) is 5.56 Å². The second kappa shape index (κ2) is 4.22. The largest absolute Gasteiger partial charge is 0.353 e.